The first kappa shape index (κ1) is 18.8. The summed E-state index contributed by atoms with van der Waals surface area (Å²) >= 11 is 0. The number of rotatable bonds is 5. The zero-order valence-electron chi connectivity index (χ0n) is 15.6. The minimum absolute atomic E-state index is 0.0719. The molecule has 0 amide bonds. The van der Waals surface area contributed by atoms with Crippen LogP contribution in [0.3, 0.4) is 0 Å². The Morgan fingerprint density at radius 1 is 1.38 bits per heavy atom. The summed E-state index contributed by atoms with van der Waals surface area (Å²) in [5, 5.41) is 7.29. The number of aryl methyl sites for hydroxylation is 2. The Balaban J connectivity index is 1.95. The van der Waals surface area contributed by atoms with Crippen LogP contribution in [0, 0.1) is 13.8 Å². The average molecular weight is 379 g/mol. The highest BCUT2D eigenvalue weighted by Crippen LogP contribution is 2.29. The minimum atomic E-state index is -3.38. The lowest BCUT2D eigenvalue weighted by Gasteiger charge is -2.25. The molecule has 1 aliphatic heterocycles. The van der Waals surface area contributed by atoms with E-state index < -0.39 is 9.84 Å². The van der Waals surface area contributed by atoms with Crippen molar-refractivity contribution < 1.29 is 12.9 Å². The van der Waals surface area contributed by atoms with Crippen molar-refractivity contribution in [2.45, 2.75) is 44.0 Å². The molecule has 1 aliphatic rings. The van der Waals surface area contributed by atoms with Crippen LogP contribution < -0.4 is 10.2 Å². The molecule has 0 bridgehead atoms. The van der Waals surface area contributed by atoms with Crippen molar-refractivity contribution in [3.63, 3.8) is 0 Å². The molecule has 1 saturated heterocycles. The molecule has 0 aromatic carbocycles. The van der Waals surface area contributed by atoms with Crippen molar-refractivity contribution in [1.29, 1.82) is 0 Å². The standard InChI is InChI=1S/C17H25N5O3S/c1-11-14(12(2)25-21-11)10-22(3)17-19-9-15(26(4,23)24)16(20-17)13-6-5-7-18-8-13/h9,13,18H,5-8,10H2,1-4H3/t13-/m1/s1. The van der Waals surface area contributed by atoms with Gasteiger partial charge < -0.3 is 14.7 Å². The summed E-state index contributed by atoms with van der Waals surface area (Å²) in [5.41, 5.74) is 2.43. The van der Waals surface area contributed by atoms with E-state index in [1.165, 1.54) is 12.5 Å². The van der Waals surface area contributed by atoms with Gasteiger partial charge in [-0.25, -0.2) is 18.4 Å². The third-order valence-electron chi connectivity index (χ3n) is 4.77. The number of anilines is 1. The highest BCUT2D eigenvalue weighted by atomic mass is 32.2. The smallest absolute Gasteiger partial charge is 0.225 e. The Labute approximate surface area is 153 Å². The minimum Gasteiger partial charge on any atom is -0.361 e. The van der Waals surface area contributed by atoms with Gasteiger partial charge in [0.2, 0.25) is 5.95 Å². The molecule has 0 radical (unpaired) electrons. The fraction of sp³-hybridized carbons (Fsp3) is 0.588. The molecule has 9 heteroatoms. The van der Waals surface area contributed by atoms with Crippen molar-refractivity contribution in [3.05, 3.63) is 28.9 Å². The van der Waals surface area contributed by atoms with Gasteiger partial charge in [0.15, 0.2) is 9.84 Å². The Kier molecular flexibility index (Phi) is 5.29. The number of piperidine rings is 1. The number of hydrogen-bond donors (Lipinski definition) is 1. The molecule has 142 valence electrons. The first-order valence-electron chi connectivity index (χ1n) is 8.68. The molecule has 0 aliphatic carbocycles. The monoisotopic (exact) mass is 379 g/mol. The van der Waals surface area contributed by atoms with Gasteiger partial charge in [-0.15, -0.1) is 0 Å². The van der Waals surface area contributed by atoms with E-state index in [1.807, 2.05) is 25.8 Å². The molecule has 8 nitrogen and oxygen atoms in total. The van der Waals surface area contributed by atoms with Crippen molar-refractivity contribution >= 4 is 15.8 Å². The molecule has 2 aromatic heterocycles. The van der Waals surface area contributed by atoms with E-state index in [9.17, 15) is 8.42 Å². The number of nitrogens with zero attached hydrogens (tertiary/aromatic N) is 4. The first-order chi connectivity index (χ1) is 12.3. The zero-order chi connectivity index (χ0) is 18.9. The van der Waals surface area contributed by atoms with Gasteiger partial charge in [0.1, 0.15) is 10.7 Å². The van der Waals surface area contributed by atoms with Gasteiger partial charge in [0.25, 0.3) is 0 Å². The maximum Gasteiger partial charge on any atom is 0.225 e. The molecule has 0 saturated carbocycles. The van der Waals surface area contributed by atoms with E-state index >= 15 is 0 Å². The second-order valence-corrected chi connectivity index (χ2v) is 8.88. The molecular weight excluding hydrogens is 354 g/mol. The third kappa shape index (κ3) is 3.88. The number of nitrogens with one attached hydrogen (secondary N) is 1. The Morgan fingerprint density at radius 3 is 2.73 bits per heavy atom. The van der Waals surface area contributed by atoms with Gasteiger partial charge in [-0.2, -0.15) is 0 Å². The lowest BCUT2D eigenvalue weighted by molar-refractivity contribution is 0.392. The van der Waals surface area contributed by atoms with E-state index in [4.69, 9.17) is 4.52 Å². The molecule has 0 unspecified atom stereocenters. The van der Waals surface area contributed by atoms with E-state index in [1.54, 1.807) is 0 Å². The summed E-state index contributed by atoms with van der Waals surface area (Å²) in [5.74, 6) is 1.33. The van der Waals surface area contributed by atoms with Crippen LogP contribution in [-0.2, 0) is 16.4 Å². The second kappa shape index (κ2) is 7.32. The third-order valence-corrected chi connectivity index (χ3v) is 5.88. The Hall–Kier alpha value is -2.00. The highest BCUT2D eigenvalue weighted by Gasteiger charge is 2.26. The van der Waals surface area contributed by atoms with Crippen molar-refractivity contribution in [2.24, 2.45) is 0 Å². The van der Waals surface area contributed by atoms with Crippen LogP contribution in [0.2, 0.25) is 0 Å². The average Bonchev–Trinajstić information content (AvgIpc) is 2.93. The lowest BCUT2D eigenvalue weighted by Crippen LogP contribution is -2.30. The Morgan fingerprint density at radius 2 is 2.15 bits per heavy atom. The summed E-state index contributed by atoms with van der Waals surface area (Å²) in [7, 11) is -1.51. The molecule has 1 fully saturated rings. The van der Waals surface area contributed by atoms with Gasteiger partial charge in [-0.1, -0.05) is 5.16 Å². The normalized spacial score (nSPS) is 18.1. The molecule has 26 heavy (non-hydrogen) atoms. The van der Waals surface area contributed by atoms with Gasteiger partial charge in [-0.3, -0.25) is 0 Å². The van der Waals surface area contributed by atoms with Crippen molar-refractivity contribution in [3.8, 4) is 0 Å². The maximum absolute atomic E-state index is 12.2. The lowest BCUT2D eigenvalue weighted by atomic mass is 9.96. The fourth-order valence-corrected chi connectivity index (χ4v) is 4.09. The van der Waals surface area contributed by atoms with E-state index in [0.29, 0.717) is 18.2 Å². The van der Waals surface area contributed by atoms with Crippen LogP contribution in [0.4, 0.5) is 5.95 Å². The summed E-state index contributed by atoms with van der Waals surface area (Å²) < 4.78 is 29.6. The van der Waals surface area contributed by atoms with Gasteiger partial charge in [0, 0.05) is 31.3 Å². The second-order valence-electron chi connectivity index (χ2n) is 6.89. The molecular formula is C17H25N5O3S. The number of hydrogen-bond acceptors (Lipinski definition) is 8. The fourth-order valence-electron chi connectivity index (χ4n) is 3.26. The van der Waals surface area contributed by atoms with Gasteiger partial charge in [-0.05, 0) is 33.2 Å². The predicted molar refractivity (Wildman–Crippen MR) is 98.1 cm³/mol. The van der Waals surface area contributed by atoms with Crippen LogP contribution >= 0.6 is 0 Å². The molecule has 3 rings (SSSR count). The quantitative estimate of drug-likeness (QED) is 0.836. The molecule has 2 aromatic rings. The van der Waals surface area contributed by atoms with E-state index in [2.05, 4.69) is 20.4 Å². The topological polar surface area (TPSA) is 101 Å². The van der Waals surface area contributed by atoms with Crippen molar-refractivity contribution in [2.75, 3.05) is 31.3 Å². The number of sulfone groups is 1. The van der Waals surface area contributed by atoms with Gasteiger partial charge >= 0.3 is 0 Å². The largest absolute Gasteiger partial charge is 0.361 e. The summed E-state index contributed by atoms with van der Waals surface area (Å²) in [6, 6.07) is 0. The van der Waals surface area contributed by atoms with Crippen molar-refractivity contribution in [1.82, 2.24) is 20.4 Å². The van der Waals surface area contributed by atoms with Crippen LogP contribution in [0.1, 0.15) is 41.5 Å². The Bertz CT molecular complexity index is 868. The number of aromatic nitrogens is 3. The zero-order valence-corrected chi connectivity index (χ0v) is 16.4. The molecule has 1 N–H and O–H groups in total. The van der Waals surface area contributed by atoms with Gasteiger partial charge in [0.05, 0.1) is 24.1 Å². The summed E-state index contributed by atoms with van der Waals surface area (Å²) in [6.07, 6.45) is 4.56. The SMILES string of the molecule is Cc1noc(C)c1CN(C)c1ncc(S(C)(=O)=O)c([C@@H]2CCCNC2)n1. The van der Waals surface area contributed by atoms with Crippen LogP contribution in [0.5, 0.6) is 0 Å². The molecule has 0 spiro atoms. The van der Waals surface area contributed by atoms with E-state index in [-0.39, 0.29) is 10.8 Å². The summed E-state index contributed by atoms with van der Waals surface area (Å²) in [6.45, 7) is 5.99. The maximum atomic E-state index is 12.2. The van der Waals surface area contributed by atoms with Crippen LogP contribution in [0.15, 0.2) is 15.6 Å². The summed E-state index contributed by atoms with van der Waals surface area (Å²) in [4.78, 5) is 11.1. The molecule has 1 atom stereocenters. The highest BCUT2D eigenvalue weighted by molar-refractivity contribution is 7.90. The first-order valence-corrected chi connectivity index (χ1v) is 10.6. The van der Waals surface area contributed by atoms with Crippen LogP contribution in [-0.4, -0.2) is 49.9 Å². The van der Waals surface area contributed by atoms with E-state index in [0.717, 1.165) is 42.9 Å². The van der Waals surface area contributed by atoms with Crippen LogP contribution in [0.25, 0.3) is 0 Å². The molecule has 3 heterocycles. The predicted octanol–water partition coefficient (Wildman–Crippen LogP) is 1.59.